The van der Waals surface area contributed by atoms with Gasteiger partial charge in [-0.3, -0.25) is 14.4 Å². The van der Waals surface area contributed by atoms with Crippen LogP contribution in [-0.4, -0.2) is 59.8 Å². The van der Waals surface area contributed by atoms with Gasteiger partial charge in [0.1, 0.15) is 12.6 Å². The summed E-state index contributed by atoms with van der Waals surface area (Å²) in [7, 11) is 1.78. The highest BCUT2D eigenvalue weighted by Gasteiger charge is 2.34. The number of aryl methyl sites for hydroxylation is 1. The first-order valence-electron chi connectivity index (χ1n) is 13.0. The quantitative estimate of drug-likeness (QED) is 0.344. The third-order valence-corrected chi connectivity index (χ3v) is 6.52. The van der Waals surface area contributed by atoms with E-state index in [1.165, 1.54) is 17.5 Å². The first kappa shape index (κ1) is 28.2. The molecule has 216 valence electrons. The number of rotatable bonds is 6. The Morgan fingerprint density at radius 2 is 1.95 bits per heavy atom. The summed E-state index contributed by atoms with van der Waals surface area (Å²) >= 11 is 0. The van der Waals surface area contributed by atoms with Gasteiger partial charge in [0.05, 0.1) is 12.6 Å². The minimum Gasteiger partial charge on any atom is -0.448 e. The first-order valence-corrected chi connectivity index (χ1v) is 13.0. The molecule has 0 spiro atoms. The molecule has 0 unspecified atom stereocenters. The SMILES string of the molecule is Cn1ccc(Nc2ncnc(-c3ccc4c(c3)CN(CC(F)(F)F)CC[C@@H]4NC(=O)c3coc(C(C)(C)C)n3)n2)n1. The van der Waals surface area contributed by atoms with Crippen LogP contribution in [0.15, 0.2) is 47.5 Å². The minimum absolute atomic E-state index is 0.0390. The summed E-state index contributed by atoms with van der Waals surface area (Å²) in [5, 5.41) is 10.2. The number of hydrogen-bond acceptors (Lipinski definition) is 9. The van der Waals surface area contributed by atoms with Crippen molar-refractivity contribution >= 4 is 17.7 Å². The molecule has 1 aliphatic heterocycles. The summed E-state index contributed by atoms with van der Waals surface area (Å²) in [5.41, 5.74) is 1.67. The molecule has 14 heteroatoms. The van der Waals surface area contributed by atoms with Gasteiger partial charge < -0.3 is 15.1 Å². The van der Waals surface area contributed by atoms with Gasteiger partial charge in [-0.15, -0.1) is 0 Å². The number of nitrogens with one attached hydrogen (secondary N) is 2. The van der Waals surface area contributed by atoms with Crippen molar-refractivity contribution in [3.63, 3.8) is 0 Å². The van der Waals surface area contributed by atoms with Crippen LogP contribution >= 0.6 is 0 Å². The molecule has 0 saturated carbocycles. The Hall–Kier alpha value is -4.33. The number of nitrogens with zero attached hydrogens (tertiary/aromatic N) is 7. The van der Waals surface area contributed by atoms with Crippen LogP contribution in [0, 0.1) is 0 Å². The van der Waals surface area contributed by atoms with Crippen molar-refractivity contribution in [2.75, 3.05) is 18.4 Å². The van der Waals surface area contributed by atoms with Crippen LogP contribution in [0.1, 0.15) is 60.7 Å². The molecule has 3 aromatic heterocycles. The third kappa shape index (κ3) is 6.88. The molecule has 0 bridgehead atoms. The van der Waals surface area contributed by atoms with Crippen LogP contribution in [0.2, 0.25) is 0 Å². The van der Waals surface area contributed by atoms with Crippen LogP contribution in [0.3, 0.4) is 0 Å². The lowest BCUT2D eigenvalue weighted by Gasteiger charge is -2.22. The molecule has 0 radical (unpaired) electrons. The van der Waals surface area contributed by atoms with Crippen LogP contribution in [0.4, 0.5) is 24.9 Å². The highest BCUT2D eigenvalue weighted by molar-refractivity contribution is 5.92. The van der Waals surface area contributed by atoms with Gasteiger partial charge in [-0.2, -0.15) is 23.3 Å². The van der Waals surface area contributed by atoms with Crippen molar-refractivity contribution in [2.45, 2.75) is 51.4 Å². The van der Waals surface area contributed by atoms with Crippen molar-refractivity contribution in [3.05, 3.63) is 65.8 Å². The van der Waals surface area contributed by atoms with E-state index in [4.69, 9.17) is 4.42 Å². The zero-order valence-corrected chi connectivity index (χ0v) is 23.0. The van der Waals surface area contributed by atoms with Crippen molar-refractivity contribution in [3.8, 4) is 11.4 Å². The lowest BCUT2D eigenvalue weighted by Crippen LogP contribution is -2.35. The van der Waals surface area contributed by atoms with Crippen LogP contribution in [0.5, 0.6) is 0 Å². The maximum Gasteiger partial charge on any atom is 0.401 e. The highest BCUT2D eigenvalue weighted by Crippen LogP contribution is 2.32. The van der Waals surface area contributed by atoms with Gasteiger partial charge in [0, 0.05) is 43.4 Å². The summed E-state index contributed by atoms with van der Waals surface area (Å²) in [5.74, 6) is 1.12. The number of fused-ring (bicyclic) bond motifs is 1. The van der Waals surface area contributed by atoms with Gasteiger partial charge in [0.25, 0.3) is 5.91 Å². The average Bonchev–Trinajstić information content (AvgIpc) is 3.52. The summed E-state index contributed by atoms with van der Waals surface area (Å²) in [6.45, 7) is 4.85. The maximum absolute atomic E-state index is 13.4. The predicted molar refractivity (Wildman–Crippen MR) is 143 cm³/mol. The fourth-order valence-corrected chi connectivity index (χ4v) is 4.59. The standard InChI is InChI=1S/C27H30F3N9O2/c1-26(2,3)24-34-20(13-41-24)23(40)33-19-7-10-39(14-27(28,29)30)12-17-11-16(5-6-18(17)19)22-31-15-32-25(36-22)35-21-8-9-38(4)37-21/h5-6,8-9,11,13,15,19H,7,10,12,14H2,1-4H3,(H,33,40)(H,31,32,35,36,37)/t19-/m0/s1. The lowest BCUT2D eigenvalue weighted by atomic mass is 9.96. The summed E-state index contributed by atoms with van der Waals surface area (Å²) in [4.78, 5) is 31.6. The molecular weight excluding hydrogens is 539 g/mol. The molecule has 4 aromatic rings. The topological polar surface area (TPSA) is 127 Å². The number of oxazole rings is 1. The number of hydrogen-bond donors (Lipinski definition) is 2. The Labute approximate surface area is 234 Å². The third-order valence-electron chi connectivity index (χ3n) is 6.52. The van der Waals surface area contributed by atoms with E-state index in [1.807, 2.05) is 20.8 Å². The minimum atomic E-state index is -4.37. The molecule has 0 fully saturated rings. The molecule has 2 N–H and O–H groups in total. The number of halogens is 3. The number of benzene rings is 1. The fraction of sp³-hybridized carbons (Fsp3) is 0.407. The Balaban J connectivity index is 1.43. The van der Waals surface area contributed by atoms with Crippen LogP contribution in [0.25, 0.3) is 11.4 Å². The predicted octanol–water partition coefficient (Wildman–Crippen LogP) is 4.54. The van der Waals surface area contributed by atoms with Gasteiger partial charge in [0.15, 0.2) is 23.2 Å². The van der Waals surface area contributed by atoms with E-state index in [9.17, 15) is 18.0 Å². The van der Waals surface area contributed by atoms with Gasteiger partial charge >= 0.3 is 6.18 Å². The van der Waals surface area contributed by atoms with Crippen LogP contribution < -0.4 is 10.6 Å². The van der Waals surface area contributed by atoms with E-state index in [1.54, 1.807) is 42.2 Å². The Morgan fingerprint density at radius 3 is 2.63 bits per heavy atom. The second-order valence-corrected chi connectivity index (χ2v) is 11.0. The van der Waals surface area contributed by atoms with Gasteiger partial charge in [-0.25, -0.2) is 15.0 Å². The molecular formula is C27H30F3N9O2. The van der Waals surface area contributed by atoms with Crippen molar-refractivity contribution in [2.24, 2.45) is 7.05 Å². The molecule has 5 rings (SSSR count). The Bertz CT molecular complexity index is 1540. The van der Waals surface area contributed by atoms with E-state index in [0.717, 1.165) is 0 Å². The molecule has 1 aliphatic rings. The van der Waals surface area contributed by atoms with Gasteiger partial charge in [0.2, 0.25) is 5.95 Å². The number of alkyl halides is 3. The molecule has 0 aliphatic carbocycles. The van der Waals surface area contributed by atoms with E-state index < -0.39 is 24.7 Å². The molecule has 1 amide bonds. The van der Waals surface area contributed by atoms with Crippen molar-refractivity contribution in [1.82, 2.24) is 39.9 Å². The monoisotopic (exact) mass is 569 g/mol. The number of anilines is 2. The highest BCUT2D eigenvalue weighted by atomic mass is 19.4. The second kappa shape index (κ2) is 10.9. The largest absolute Gasteiger partial charge is 0.448 e. The number of amides is 1. The zero-order chi connectivity index (χ0) is 29.4. The van der Waals surface area contributed by atoms with Gasteiger partial charge in [-0.05, 0) is 23.6 Å². The van der Waals surface area contributed by atoms with Crippen molar-refractivity contribution in [1.29, 1.82) is 0 Å². The first-order chi connectivity index (χ1) is 19.3. The molecule has 0 saturated heterocycles. The average molecular weight is 570 g/mol. The molecule has 4 heterocycles. The fourth-order valence-electron chi connectivity index (χ4n) is 4.59. The normalized spacial score (nSPS) is 16.2. The van der Waals surface area contributed by atoms with E-state index >= 15 is 0 Å². The second-order valence-electron chi connectivity index (χ2n) is 11.0. The number of aromatic nitrogens is 6. The summed E-state index contributed by atoms with van der Waals surface area (Å²) in [6, 6.07) is 6.56. The lowest BCUT2D eigenvalue weighted by molar-refractivity contribution is -0.147. The maximum atomic E-state index is 13.4. The molecule has 11 nitrogen and oxygen atoms in total. The summed E-state index contributed by atoms with van der Waals surface area (Å²) in [6.07, 6.45) is 0.324. The summed E-state index contributed by atoms with van der Waals surface area (Å²) < 4.78 is 47.2. The molecule has 41 heavy (non-hydrogen) atoms. The van der Waals surface area contributed by atoms with Crippen LogP contribution in [-0.2, 0) is 19.0 Å². The number of carbonyl (C=O) groups is 1. The zero-order valence-electron chi connectivity index (χ0n) is 23.0. The van der Waals surface area contributed by atoms with Gasteiger partial charge in [-0.1, -0.05) is 32.9 Å². The smallest absolute Gasteiger partial charge is 0.401 e. The molecule has 1 atom stereocenters. The number of carbonyl (C=O) groups excluding carboxylic acids is 1. The Morgan fingerprint density at radius 1 is 1.15 bits per heavy atom. The van der Waals surface area contributed by atoms with Crippen molar-refractivity contribution < 1.29 is 22.4 Å². The Kier molecular flexibility index (Phi) is 7.51. The van der Waals surface area contributed by atoms with E-state index in [2.05, 4.69) is 35.7 Å². The molecule has 1 aromatic carbocycles. The van der Waals surface area contributed by atoms with E-state index in [0.29, 0.717) is 34.2 Å². The van der Waals surface area contributed by atoms with E-state index in [-0.39, 0.29) is 36.6 Å².